The average Bonchev–Trinajstić information content (AvgIpc) is 3.50. The van der Waals surface area contributed by atoms with Gasteiger partial charge in [-0.3, -0.25) is 9.69 Å². The molecule has 0 spiro atoms. The normalized spacial score (nSPS) is 11.1. The van der Waals surface area contributed by atoms with Crippen LogP contribution in [-0.4, -0.2) is 33.6 Å². The highest BCUT2D eigenvalue weighted by Crippen LogP contribution is 2.32. The molecule has 2 heterocycles. The van der Waals surface area contributed by atoms with E-state index < -0.39 is 0 Å². The molecule has 2 aromatic carbocycles. The monoisotopic (exact) mass is 462 g/mol. The molecule has 0 atom stereocenters. The third-order valence-electron chi connectivity index (χ3n) is 5.54. The molecule has 0 fully saturated rings. The summed E-state index contributed by atoms with van der Waals surface area (Å²) in [4.78, 5) is 24.4. The number of benzene rings is 2. The summed E-state index contributed by atoms with van der Waals surface area (Å²) in [5, 5.41) is 0.726. The molecule has 172 valence electrons. The largest absolute Gasteiger partial charge is 0.494 e. The molecule has 6 nitrogen and oxygen atoms in total. The molecule has 4 rings (SSSR count). The number of anilines is 1. The van der Waals surface area contributed by atoms with E-state index in [4.69, 9.17) is 9.72 Å². The van der Waals surface area contributed by atoms with Crippen LogP contribution < -0.4 is 9.64 Å². The summed E-state index contributed by atoms with van der Waals surface area (Å²) in [6, 6.07) is 13.6. The standard InChI is InChI=1S/C26H30N4O2S/c1-3-4-5-17-32-22-11-7-10-21(18-22)25(31)30(15-8-14-29-16-13-27-19-29)26-28-24-20(2)9-6-12-23(24)33-26/h6-7,9-13,16,18-19H,3-5,8,14-15,17H2,1-2H3. The highest BCUT2D eigenvalue weighted by molar-refractivity contribution is 7.22. The first kappa shape index (κ1) is 23.0. The van der Waals surface area contributed by atoms with E-state index in [0.717, 1.165) is 58.9 Å². The van der Waals surface area contributed by atoms with E-state index in [1.165, 1.54) is 0 Å². The number of carbonyl (C=O) groups excluding carboxylic acids is 1. The number of nitrogens with zero attached hydrogens (tertiary/aromatic N) is 4. The lowest BCUT2D eigenvalue weighted by atomic mass is 10.2. The number of fused-ring (bicyclic) bond motifs is 1. The van der Waals surface area contributed by atoms with Crippen molar-refractivity contribution in [2.45, 2.75) is 46.1 Å². The number of aryl methyl sites for hydroxylation is 2. The van der Waals surface area contributed by atoms with Gasteiger partial charge in [-0.05, 0) is 49.6 Å². The number of carbonyl (C=O) groups is 1. The quantitative estimate of drug-likeness (QED) is 0.252. The van der Waals surface area contributed by atoms with Gasteiger partial charge in [0, 0.05) is 31.0 Å². The fourth-order valence-electron chi connectivity index (χ4n) is 3.72. The van der Waals surface area contributed by atoms with Crippen molar-refractivity contribution in [2.24, 2.45) is 0 Å². The van der Waals surface area contributed by atoms with Crippen LogP contribution in [0.4, 0.5) is 5.13 Å². The van der Waals surface area contributed by atoms with Gasteiger partial charge < -0.3 is 9.30 Å². The van der Waals surface area contributed by atoms with Gasteiger partial charge in [0.05, 0.1) is 23.2 Å². The van der Waals surface area contributed by atoms with Crippen molar-refractivity contribution in [3.8, 4) is 5.75 Å². The molecule has 2 aromatic heterocycles. The van der Waals surface area contributed by atoms with Crippen molar-refractivity contribution in [2.75, 3.05) is 18.1 Å². The third-order valence-corrected chi connectivity index (χ3v) is 6.58. The van der Waals surface area contributed by atoms with E-state index in [0.29, 0.717) is 18.7 Å². The molecule has 0 aliphatic heterocycles. The smallest absolute Gasteiger partial charge is 0.260 e. The fourth-order valence-corrected chi connectivity index (χ4v) is 4.79. The van der Waals surface area contributed by atoms with Crippen molar-refractivity contribution in [3.63, 3.8) is 0 Å². The summed E-state index contributed by atoms with van der Waals surface area (Å²) in [6.45, 7) is 6.24. The Morgan fingerprint density at radius 3 is 2.82 bits per heavy atom. The van der Waals surface area contributed by atoms with Gasteiger partial charge in [0.2, 0.25) is 0 Å². The Hall–Kier alpha value is -3.19. The van der Waals surface area contributed by atoms with Crippen molar-refractivity contribution in [1.82, 2.24) is 14.5 Å². The molecule has 33 heavy (non-hydrogen) atoms. The molecule has 0 saturated heterocycles. The predicted molar refractivity (Wildman–Crippen MR) is 134 cm³/mol. The molecule has 0 radical (unpaired) electrons. The summed E-state index contributed by atoms with van der Waals surface area (Å²) in [6.07, 6.45) is 9.60. The highest BCUT2D eigenvalue weighted by Gasteiger charge is 2.22. The minimum atomic E-state index is -0.0589. The van der Waals surface area contributed by atoms with E-state index in [-0.39, 0.29) is 5.91 Å². The van der Waals surface area contributed by atoms with Crippen LogP contribution in [-0.2, 0) is 6.54 Å². The number of rotatable bonds is 11. The molecule has 0 N–H and O–H groups in total. The van der Waals surface area contributed by atoms with E-state index in [1.54, 1.807) is 28.8 Å². The third kappa shape index (κ3) is 5.79. The van der Waals surface area contributed by atoms with Crippen LogP contribution in [0.25, 0.3) is 10.2 Å². The number of para-hydroxylation sites is 1. The number of hydrogen-bond acceptors (Lipinski definition) is 5. The maximum absolute atomic E-state index is 13.6. The molecule has 0 aliphatic rings. The van der Waals surface area contributed by atoms with Crippen molar-refractivity contribution < 1.29 is 9.53 Å². The minimum Gasteiger partial charge on any atom is -0.494 e. The van der Waals surface area contributed by atoms with Gasteiger partial charge in [0.15, 0.2) is 5.13 Å². The lowest BCUT2D eigenvalue weighted by Gasteiger charge is -2.20. The van der Waals surface area contributed by atoms with Crippen LogP contribution in [0.5, 0.6) is 5.75 Å². The van der Waals surface area contributed by atoms with E-state index in [2.05, 4.69) is 31.0 Å². The second-order valence-corrected chi connectivity index (χ2v) is 9.12. The van der Waals surface area contributed by atoms with Gasteiger partial charge in [-0.1, -0.05) is 49.3 Å². The zero-order valence-corrected chi connectivity index (χ0v) is 20.1. The Labute approximate surface area is 198 Å². The van der Waals surface area contributed by atoms with E-state index >= 15 is 0 Å². The molecule has 0 unspecified atom stereocenters. The number of hydrogen-bond donors (Lipinski definition) is 0. The van der Waals surface area contributed by atoms with E-state index in [9.17, 15) is 4.79 Å². The van der Waals surface area contributed by atoms with Gasteiger partial charge in [-0.2, -0.15) is 0 Å². The predicted octanol–water partition coefficient (Wildman–Crippen LogP) is 6.11. The Kier molecular flexibility index (Phi) is 7.73. The number of amides is 1. The van der Waals surface area contributed by atoms with Crippen LogP contribution in [0, 0.1) is 6.92 Å². The molecule has 1 amide bonds. The van der Waals surface area contributed by atoms with Crippen LogP contribution >= 0.6 is 11.3 Å². The molecule has 4 aromatic rings. The Balaban J connectivity index is 1.56. The van der Waals surface area contributed by atoms with Crippen LogP contribution in [0.3, 0.4) is 0 Å². The second kappa shape index (κ2) is 11.1. The molecule has 0 aliphatic carbocycles. The molecule has 7 heteroatoms. The number of ether oxygens (including phenoxy) is 1. The lowest BCUT2D eigenvalue weighted by Crippen LogP contribution is -2.32. The van der Waals surface area contributed by atoms with E-state index in [1.807, 2.05) is 41.1 Å². The van der Waals surface area contributed by atoms with Crippen molar-refractivity contribution in [1.29, 1.82) is 0 Å². The number of imidazole rings is 1. The lowest BCUT2D eigenvalue weighted by molar-refractivity contribution is 0.0986. The Morgan fingerprint density at radius 2 is 2.03 bits per heavy atom. The summed E-state index contributed by atoms with van der Waals surface area (Å²) in [5.74, 6) is 0.673. The number of thiazole rings is 1. The molecular weight excluding hydrogens is 432 g/mol. The summed E-state index contributed by atoms with van der Waals surface area (Å²) in [7, 11) is 0. The Bertz CT molecular complexity index is 1190. The maximum Gasteiger partial charge on any atom is 0.260 e. The highest BCUT2D eigenvalue weighted by atomic mass is 32.1. The zero-order chi connectivity index (χ0) is 23.0. The maximum atomic E-state index is 13.6. The molecule has 0 bridgehead atoms. The van der Waals surface area contributed by atoms with Gasteiger partial charge in [0.1, 0.15) is 5.75 Å². The topological polar surface area (TPSA) is 60.2 Å². The first-order chi connectivity index (χ1) is 16.2. The fraction of sp³-hybridized carbons (Fsp3) is 0.346. The SMILES string of the molecule is CCCCCOc1cccc(C(=O)N(CCCn2ccnc2)c2nc3c(C)cccc3s2)c1. The first-order valence-electron chi connectivity index (χ1n) is 11.5. The number of unbranched alkanes of at least 4 members (excludes halogenated alkanes) is 2. The van der Waals surface area contributed by atoms with Crippen molar-refractivity contribution in [3.05, 3.63) is 72.3 Å². The van der Waals surface area contributed by atoms with Gasteiger partial charge in [-0.25, -0.2) is 9.97 Å². The van der Waals surface area contributed by atoms with Gasteiger partial charge in [-0.15, -0.1) is 0 Å². The Morgan fingerprint density at radius 1 is 1.15 bits per heavy atom. The molecule has 0 saturated carbocycles. The van der Waals surface area contributed by atoms with Gasteiger partial charge in [0.25, 0.3) is 5.91 Å². The second-order valence-electron chi connectivity index (χ2n) is 8.11. The molecular formula is C26H30N4O2S. The van der Waals surface area contributed by atoms with Crippen LogP contribution in [0.2, 0.25) is 0 Å². The van der Waals surface area contributed by atoms with Crippen LogP contribution in [0.1, 0.15) is 48.5 Å². The number of aromatic nitrogens is 3. The summed E-state index contributed by atoms with van der Waals surface area (Å²) >= 11 is 1.56. The minimum absolute atomic E-state index is 0.0589. The van der Waals surface area contributed by atoms with Crippen molar-refractivity contribution >= 4 is 32.6 Å². The summed E-state index contributed by atoms with van der Waals surface area (Å²) < 4.78 is 9.00. The van der Waals surface area contributed by atoms with Gasteiger partial charge >= 0.3 is 0 Å². The first-order valence-corrected chi connectivity index (χ1v) is 12.3. The zero-order valence-electron chi connectivity index (χ0n) is 19.2. The van der Waals surface area contributed by atoms with Crippen LogP contribution in [0.15, 0.2) is 61.2 Å². The average molecular weight is 463 g/mol. The summed E-state index contributed by atoms with van der Waals surface area (Å²) in [5.41, 5.74) is 2.68.